The van der Waals surface area contributed by atoms with E-state index in [0.29, 0.717) is 19.5 Å². The summed E-state index contributed by atoms with van der Waals surface area (Å²) in [7, 11) is 1.34. The SMILES string of the molecule is COC(=O)[C@@H]1C2=C(CC2)CN1C(=O)[C@@H]1CCCN1C(=O)OCc1ccccc1. The van der Waals surface area contributed by atoms with Crippen molar-refractivity contribution in [2.24, 2.45) is 0 Å². The predicted octanol–water partition coefficient (Wildman–Crippen LogP) is 2.26. The molecule has 0 radical (unpaired) electrons. The number of esters is 1. The highest BCUT2D eigenvalue weighted by atomic mass is 16.6. The van der Waals surface area contributed by atoms with Crippen LogP contribution in [0.4, 0.5) is 4.79 Å². The molecule has 2 aliphatic heterocycles. The highest BCUT2D eigenvalue weighted by Crippen LogP contribution is 2.40. The van der Waals surface area contributed by atoms with E-state index in [9.17, 15) is 14.4 Å². The van der Waals surface area contributed by atoms with Crippen LogP contribution in [0.2, 0.25) is 0 Å². The van der Waals surface area contributed by atoms with Crippen molar-refractivity contribution in [2.45, 2.75) is 44.4 Å². The van der Waals surface area contributed by atoms with Gasteiger partial charge in [-0.05, 0) is 42.4 Å². The smallest absolute Gasteiger partial charge is 0.410 e. The van der Waals surface area contributed by atoms with Gasteiger partial charge in [-0.3, -0.25) is 9.69 Å². The van der Waals surface area contributed by atoms with Crippen molar-refractivity contribution in [1.29, 1.82) is 0 Å². The minimum absolute atomic E-state index is 0.168. The van der Waals surface area contributed by atoms with Gasteiger partial charge in [-0.1, -0.05) is 30.3 Å². The van der Waals surface area contributed by atoms with Crippen molar-refractivity contribution < 1.29 is 23.9 Å². The summed E-state index contributed by atoms with van der Waals surface area (Å²) >= 11 is 0. The van der Waals surface area contributed by atoms with Crippen LogP contribution in [0.25, 0.3) is 0 Å². The number of rotatable bonds is 4. The van der Waals surface area contributed by atoms with Gasteiger partial charge in [0, 0.05) is 13.1 Å². The summed E-state index contributed by atoms with van der Waals surface area (Å²) in [5.74, 6) is -0.604. The Hall–Kier alpha value is -2.83. The third-order valence-electron chi connectivity index (χ3n) is 5.84. The number of carbonyl (C=O) groups excluding carboxylic acids is 3. The number of hydrogen-bond donors (Lipinski definition) is 0. The quantitative estimate of drug-likeness (QED) is 0.588. The number of carbonyl (C=O) groups is 3. The maximum Gasteiger partial charge on any atom is 0.410 e. The molecule has 0 spiro atoms. The van der Waals surface area contributed by atoms with Crippen LogP contribution >= 0.6 is 0 Å². The highest BCUT2D eigenvalue weighted by molar-refractivity contribution is 5.93. The van der Waals surface area contributed by atoms with E-state index in [1.165, 1.54) is 12.0 Å². The zero-order valence-electron chi connectivity index (χ0n) is 15.9. The Morgan fingerprint density at radius 3 is 2.57 bits per heavy atom. The lowest BCUT2D eigenvalue weighted by atomic mass is 9.87. The number of nitrogens with zero attached hydrogens (tertiary/aromatic N) is 2. The first-order valence-electron chi connectivity index (χ1n) is 9.66. The molecule has 0 saturated carbocycles. The molecule has 7 heteroatoms. The van der Waals surface area contributed by atoms with Gasteiger partial charge < -0.3 is 14.4 Å². The molecular weight excluding hydrogens is 360 g/mol. The summed E-state index contributed by atoms with van der Waals surface area (Å²) in [5.41, 5.74) is 3.06. The molecular formula is C21H24N2O5. The zero-order chi connectivity index (χ0) is 19.7. The van der Waals surface area contributed by atoms with E-state index >= 15 is 0 Å². The summed E-state index contributed by atoms with van der Waals surface area (Å²) in [6, 6.07) is 8.21. The average molecular weight is 384 g/mol. The molecule has 1 fully saturated rings. The summed E-state index contributed by atoms with van der Waals surface area (Å²) < 4.78 is 10.3. The third kappa shape index (κ3) is 3.25. The maximum absolute atomic E-state index is 13.2. The first kappa shape index (κ1) is 18.5. The molecule has 3 aliphatic rings. The van der Waals surface area contributed by atoms with Crippen molar-refractivity contribution in [3.05, 3.63) is 47.0 Å². The lowest BCUT2D eigenvalue weighted by Crippen LogP contribution is -2.52. The molecule has 1 saturated heterocycles. The Morgan fingerprint density at radius 1 is 1.11 bits per heavy atom. The first-order valence-corrected chi connectivity index (χ1v) is 9.66. The number of benzene rings is 1. The molecule has 1 aliphatic carbocycles. The molecule has 1 aromatic rings. The number of amides is 2. The van der Waals surface area contributed by atoms with Crippen LogP contribution in [0.1, 0.15) is 31.2 Å². The van der Waals surface area contributed by atoms with Crippen molar-refractivity contribution in [1.82, 2.24) is 9.80 Å². The van der Waals surface area contributed by atoms with Crippen molar-refractivity contribution in [2.75, 3.05) is 20.2 Å². The van der Waals surface area contributed by atoms with Crippen LogP contribution in [0.5, 0.6) is 0 Å². The molecule has 0 aromatic heterocycles. The normalized spacial score (nSPS) is 23.3. The summed E-state index contributed by atoms with van der Waals surface area (Å²) in [4.78, 5) is 41.1. The fourth-order valence-corrected chi connectivity index (χ4v) is 4.26. The van der Waals surface area contributed by atoms with Gasteiger partial charge in [0.2, 0.25) is 5.91 Å². The lowest BCUT2D eigenvalue weighted by molar-refractivity contribution is -0.151. The molecule has 2 heterocycles. The second kappa shape index (κ2) is 7.66. The lowest BCUT2D eigenvalue weighted by Gasteiger charge is -2.30. The van der Waals surface area contributed by atoms with Gasteiger partial charge in [-0.2, -0.15) is 0 Å². The highest BCUT2D eigenvalue weighted by Gasteiger charge is 2.48. The molecule has 4 rings (SSSR count). The molecule has 2 amide bonds. The van der Waals surface area contributed by atoms with Gasteiger partial charge in [0.1, 0.15) is 12.6 Å². The fraction of sp³-hybridized carbons (Fsp3) is 0.476. The van der Waals surface area contributed by atoms with Crippen LogP contribution in [0, 0.1) is 0 Å². The minimum atomic E-state index is -0.635. The van der Waals surface area contributed by atoms with Gasteiger partial charge >= 0.3 is 12.1 Å². The second-order valence-corrected chi connectivity index (χ2v) is 7.41. The zero-order valence-corrected chi connectivity index (χ0v) is 15.9. The van der Waals surface area contributed by atoms with Crippen molar-refractivity contribution in [3.63, 3.8) is 0 Å². The average Bonchev–Trinajstić information content (AvgIpc) is 3.29. The molecule has 0 bridgehead atoms. The van der Waals surface area contributed by atoms with E-state index in [4.69, 9.17) is 9.47 Å². The van der Waals surface area contributed by atoms with Crippen LogP contribution in [0.15, 0.2) is 41.5 Å². The largest absolute Gasteiger partial charge is 0.467 e. The van der Waals surface area contributed by atoms with Crippen LogP contribution in [-0.2, 0) is 25.7 Å². The maximum atomic E-state index is 13.2. The second-order valence-electron chi connectivity index (χ2n) is 7.41. The minimum Gasteiger partial charge on any atom is -0.467 e. The van der Waals surface area contributed by atoms with Gasteiger partial charge in [0.15, 0.2) is 6.04 Å². The third-order valence-corrected chi connectivity index (χ3v) is 5.84. The number of methoxy groups -OCH3 is 1. The van der Waals surface area contributed by atoms with Crippen LogP contribution < -0.4 is 0 Å². The van der Waals surface area contributed by atoms with Gasteiger partial charge in [0.25, 0.3) is 0 Å². The standard InChI is InChI=1S/C21H24N2O5/c1-27-20(25)18-16-10-9-15(16)12-23(18)19(24)17-8-5-11-22(17)21(26)28-13-14-6-3-2-4-7-14/h2-4,6-7,17-18H,5,8-13H2,1H3/t17-,18-/m0/s1. The Labute approximate surface area is 163 Å². The topological polar surface area (TPSA) is 76.2 Å². The van der Waals surface area contributed by atoms with E-state index in [1.807, 2.05) is 30.3 Å². The molecule has 0 N–H and O–H groups in total. The Balaban J connectivity index is 1.43. The van der Waals surface area contributed by atoms with Crippen LogP contribution in [0.3, 0.4) is 0 Å². The Kier molecular flexibility index (Phi) is 5.07. The van der Waals surface area contributed by atoms with Crippen molar-refractivity contribution in [3.8, 4) is 0 Å². The molecule has 1 aromatic carbocycles. The monoisotopic (exact) mass is 384 g/mol. The van der Waals surface area contributed by atoms with Gasteiger partial charge in [-0.25, -0.2) is 9.59 Å². The number of hydrogen-bond acceptors (Lipinski definition) is 5. The summed E-state index contributed by atoms with van der Waals surface area (Å²) in [6.45, 7) is 1.10. The molecule has 2 atom stereocenters. The first-order chi connectivity index (χ1) is 13.6. The van der Waals surface area contributed by atoms with Gasteiger partial charge in [0.05, 0.1) is 7.11 Å². The Morgan fingerprint density at radius 2 is 1.89 bits per heavy atom. The van der Waals surface area contributed by atoms with E-state index < -0.39 is 24.1 Å². The molecule has 7 nitrogen and oxygen atoms in total. The number of likely N-dealkylation sites (tertiary alicyclic amines) is 2. The van der Waals surface area contributed by atoms with E-state index in [1.54, 1.807) is 4.90 Å². The molecule has 28 heavy (non-hydrogen) atoms. The van der Waals surface area contributed by atoms with Crippen molar-refractivity contribution >= 4 is 18.0 Å². The summed E-state index contributed by atoms with van der Waals surface area (Å²) in [5, 5.41) is 0. The van der Waals surface area contributed by atoms with Crippen LogP contribution in [-0.4, -0.2) is 60.1 Å². The number of ether oxygens (including phenoxy) is 2. The van der Waals surface area contributed by atoms with E-state index in [0.717, 1.165) is 36.0 Å². The Bertz CT molecular complexity index is 819. The molecule has 0 unspecified atom stereocenters. The summed E-state index contributed by atoms with van der Waals surface area (Å²) in [6.07, 6.45) is 2.57. The molecule has 148 valence electrons. The predicted molar refractivity (Wildman–Crippen MR) is 100 cm³/mol. The van der Waals surface area contributed by atoms with Gasteiger partial charge in [-0.15, -0.1) is 0 Å². The van der Waals surface area contributed by atoms with E-state index in [2.05, 4.69) is 0 Å². The van der Waals surface area contributed by atoms with E-state index in [-0.39, 0.29) is 12.5 Å². The fourth-order valence-electron chi connectivity index (χ4n) is 4.26.